The largest absolute Gasteiger partial charge is 0.455 e. The Bertz CT molecular complexity index is 707. The van der Waals surface area contributed by atoms with Crippen LogP contribution in [0.4, 0.5) is 0 Å². The van der Waals surface area contributed by atoms with Gasteiger partial charge in [-0.1, -0.05) is 15.9 Å². The lowest BCUT2D eigenvalue weighted by Gasteiger charge is -2.50. The van der Waals surface area contributed by atoms with Crippen molar-refractivity contribution in [2.75, 3.05) is 17.7 Å². The first kappa shape index (κ1) is 21.6. The first-order valence-electron chi connectivity index (χ1n) is 9.16. The van der Waals surface area contributed by atoms with Crippen molar-refractivity contribution in [1.29, 1.82) is 0 Å². The summed E-state index contributed by atoms with van der Waals surface area (Å²) in [6.07, 6.45) is 0.0700. The van der Waals surface area contributed by atoms with Crippen LogP contribution in [-0.4, -0.2) is 69.8 Å². The van der Waals surface area contributed by atoms with Gasteiger partial charge in [-0.05, 0) is 34.1 Å². The van der Waals surface area contributed by atoms with E-state index < -0.39 is 23.9 Å². The van der Waals surface area contributed by atoms with E-state index in [4.69, 9.17) is 14.2 Å². The van der Waals surface area contributed by atoms with Gasteiger partial charge in [-0.15, -0.1) is 11.8 Å². The van der Waals surface area contributed by atoms with Crippen LogP contribution in [0.3, 0.4) is 0 Å². The second kappa shape index (κ2) is 8.33. The molecule has 2 amide bonds. The first-order valence-corrected chi connectivity index (χ1v) is 11.3. The third kappa shape index (κ3) is 4.39. The molecule has 2 saturated heterocycles. The monoisotopic (exact) mass is 476 g/mol. The Morgan fingerprint density at radius 2 is 2.11 bits per heavy atom. The number of carbonyl (C=O) groups excluding carboxylic acids is 3. The number of fused-ring (bicyclic) bond motifs is 1. The fraction of sp³-hybridized carbons (Fsp3) is 0.722. The number of ether oxygens (including phenoxy) is 3. The molecule has 2 fully saturated rings. The van der Waals surface area contributed by atoms with Gasteiger partial charge < -0.3 is 19.5 Å². The molecule has 0 aliphatic carbocycles. The number of nitrogens with zero attached hydrogens (tertiary/aromatic N) is 1. The third-order valence-electron chi connectivity index (χ3n) is 4.46. The molecule has 3 rings (SSSR count). The number of β-lactam (4-membered cyclic amide) rings is 1. The van der Waals surface area contributed by atoms with Gasteiger partial charge in [-0.2, -0.15) is 0 Å². The summed E-state index contributed by atoms with van der Waals surface area (Å²) in [5.41, 5.74) is 0.0572. The quantitative estimate of drug-likeness (QED) is 0.373. The normalized spacial score (nSPS) is 30.5. The predicted octanol–water partition coefficient (Wildman–Crippen LogP) is 1.53. The van der Waals surface area contributed by atoms with Crippen LogP contribution in [0.25, 0.3) is 0 Å². The molecule has 0 radical (unpaired) electrons. The number of carbonyl (C=O) groups is 3. The zero-order valence-corrected chi connectivity index (χ0v) is 18.7. The lowest BCUT2D eigenvalue weighted by Crippen LogP contribution is -2.71. The van der Waals surface area contributed by atoms with Gasteiger partial charge in [-0.3, -0.25) is 14.5 Å². The molecule has 3 aliphatic heterocycles. The molecule has 3 unspecified atom stereocenters. The summed E-state index contributed by atoms with van der Waals surface area (Å²) in [6.45, 7) is 7.78. The van der Waals surface area contributed by atoms with Crippen molar-refractivity contribution in [1.82, 2.24) is 10.2 Å². The molecule has 0 bridgehead atoms. The highest BCUT2D eigenvalue weighted by Crippen LogP contribution is 2.43. The average Bonchev–Trinajstić information content (AvgIpc) is 2.63. The minimum absolute atomic E-state index is 0.00748. The van der Waals surface area contributed by atoms with E-state index in [2.05, 4.69) is 21.2 Å². The Labute approximate surface area is 176 Å². The Kier molecular flexibility index (Phi) is 6.43. The van der Waals surface area contributed by atoms with Crippen LogP contribution in [0.15, 0.2) is 11.3 Å². The summed E-state index contributed by atoms with van der Waals surface area (Å²) in [6, 6.07) is -0.666. The van der Waals surface area contributed by atoms with Crippen LogP contribution in [0.2, 0.25) is 0 Å². The van der Waals surface area contributed by atoms with Crippen LogP contribution >= 0.6 is 27.7 Å². The standard InChI is InChI=1S/C18H25BrN2O6S/c1-9-5-6-25-17(26-9)10-8-28-15-12(20-11(22)7-19)14(23)21(15)13(10)16(24)27-18(2,3)4/h9,12,15,17H,5-8H2,1-4H3,(H,20,22)/t9?,12?,15-,17?/m0/s1. The molecule has 1 N–H and O–H groups in total. The summed E-state index contributed by atoms with van der Waals surface area (Å²) < 4.78 is 17.2. The van der Waals surface area contributed by atoms with Gasteiger partial charge in [0.05, 0.1) is 18.0 Å². The lowest BCUT2D eigenvalue weighted by molar-refractivity contribution is -0.189. The van der Waals surface area contributed by atoms with Crippen LogP contribution in [0, 0.1) is 0 Å². The second-order valence-corrected chi connectivity index (χ2v) is 9.57. The van der Waals surface area contributed by atoms with Crippen LogP contribution < -0.4 is 5.32 Å². The van der Waals surface area contributed by atoms with Crippen molar-refractivity contribution in [3.05, 3.63) is 11.3 Å². The Morgan fingerprint density at radius 3 is 2.71 bits per heavy atom. The number of rotatable bonds is 4. The van der Waals surface area contributed by atoms with Gasteiger partial charge in [0.15, 0.2) is 6.29 Å². The van der Waals surface area contributed by atoms with Gasteiger partial charge in [0.2, 0.25) is 5.91 Å². The van der Waals surface area contributed by atoms with E-state index in [0.29, 0.717) is 17.9 Å². The van der Waals surface area contributed by atoms with E-state index in [1.165, 1.54) is 16.7 Å². The number of thioether (sulfide) groups is 1. The molecular formula is C18H25BrN2O6S. The van der Waals surface area contributed by atoms with Crippen LogP contribution in [0.5, 0.6) is 0 Å². The SMILES string of the molecule is CC1CCOC(C2=C(C(=O)OC(C)(C)C)N3C(=O)C(NC(=O)CBr)[C@@H]3SC2)O1. The topological polar surface area (TPSA) is 94.2 Å². The summed E-state index contributed by atoms with van der Waals surface area (Å²) in [5.74, 6) is -0.758. The van der Waals surface area contributed by atoms with Crippen LogP contribution in [0.1, 0.15) is 34.1 Å². The van der Waals surface area contributed by atoms with E-state index in [0.717, 1.165) is 6.42 Å². The van der Waals surface area contributed by atoms with Gasteiger partial charge in [0.1, 0.15) is 22.7 Å². The van der Waals surface area contributed by atoms with Gasteiger partial charge >= 0.3 is 5.97 Å². The summed E-state index contributed by atoms with van der Waals surface area (Å²) >= 11 is 4.55. The van der Waals surface area contributed by atoms with Crippen LogP contribution in [-0.2, 0) is 28.6 Å². The molecule has 0 aromatic heterocycles. The molecule has 0 aromatic carbocycles. The Hall–Kier alpha value is -1.10. The zero-order chi connectivity index (χ0) is 20.6. The van der Waals surface area contributed by atoms with Crippen molar-refractivity contribution in [3.63, 3.8) is 0 Å². The van der Waals surface area contributed by atoms with E-state index in [1.807, 2.05) is 6.92 Å². The van der Waals surface area contributed by atoms with Gasteiger partial charge in [0, 0.05) is 11.3 Å². The highest BCUT2D eigenvalue weighted by atomic mass is 79.9. The highest BCUT2D eigenvalue weighted by molar-refractivity contribution is 9.09. The molecule has 3 aliphatic rings. The van der Waals surface area contributed by atoms with Gasteiger partial charge in [-0.25, -0.2) is 4.79 Å². The maximum atomic E-state index is 13.0. The molecule has 3 heterocycles. The zero-order valence-electron chi connectivity index (χ0n) is 16.3. The third-order valence-corrected chi connectivity index (χ3v) is 6.27. The number of halogens is 1. The van der Waals surface area contributed by atoms with Crippen molar-refractivity contribution >= 4 is 45.5 Å². The predicted molar refractivity (Wildman–Crippen MR) is 107 cm³/mol. The number of hydrogen-bond donors (Lipinski definition) is 1. The first-order chi connectivity index (χ1) is 13.1. The molecule has 0 saturated carbocycles. The molecule has 10 heteroatoms. The van der Waals surface area contributed by atoms with Crippen molar-refractivity contribution in [2.45, 2.75) is 63.5 Å². The minimum Gasteiger partial charge on any atom is -0.455 e. The number of esters is 1. The minimum atomic E-state index is -0.714. The lowest BCUT2D eigenvalue weighted by atomic mass is 10.0. The molecule has 0 aromatic rings. The number of hydrogen-bond acceptors (Lipinski definition) is 7. The smallest absolute Gasteiger partial charge is 0.355 e. The number of amides is 2. The van der Waals surface area contributed by atoms with E-state index in [9.17, 15) is 14.4 Å². The van der Waals surface area contributed by atoms with Crippen molar-refractivity contribution in [2.24, 2.45) is 0 Å². The second-order valence-electron chi connectivity index (χ2n) is 7.90. The molecule has 156 valence electrons. The molecule has 8 nitrogen and oxygen atoms in total. The maximum Gasteiger partial charge on any atom is 0.355 e. The fourth-order valence-corrected chi connectivity index (χ4v) is 4.71. The van der Waals surface area contributed by atoms with E-state index in [1.54, 1.807) is 20.8 Å². The Morgan fingerprint density at radius 1 is 1.39 bits per heavy atom. The summed E-state index contributed by atoms with van der Waals surface area (Å²) in [4.78, 5) is 38.9. The average molecular weight is 477 g/mol. The van der Waals surface area contributed by atoms with E-state index in [-0.39, 0.29) is 34.3 Å². The summed E-state index contributed by atoms with van der Waals surface area (Å²) in [7, 11) is 0. The number of alkyl halides is 1. The maximum absolute atomic E-state index is 13.0. The summed E-state index contributed by atoms with van der Waals surface area (Å²) in [5, 5.41) is 2.44. The fourth-order valence-electron chi connectivity index (χ4n) is 3.19. The molecular weight excluding hydrogens is 452 g/mol. The van der Waals surface area contributed by atoms with Crippen molar-refractivity contribution < 1.29 is 28.6 Å². The molecule has 28 heavy (non-hydrogen) atoms. The van der Waals surface area contributed by atoms with E-state index >= 15 is 0 Å². The highest BCUT2D eigenvalue weighted by Gasteiger charge is 2.55. The molecule has 0 spiro atoms. The Balaban J connectivity index is 1.91. The van der Waals surface area contributed by atoms with Gasteiger partial charge in [0.25, 0.3) is 5.91 Å². The van der Waals surface area contributed by atoms with Crippen molar-refractivity contribution in [3.8, 4) is 0 Å². The number of nitrogens with one attached hydrogen (secondary N) is 1. The molecule has 4 atom stereocenters.